The molecule has 2 amide bonds. The SMILES string of the molecule is CN1CCC2CN(C(=O)c3n[nH]c4c3CCCC4)CC2C1=O. The van der Waals surface area contributed by atoms with Crippen LogP contribution < -0.4 is 0 Å². The minimum absolute atomic E-state index is 0.00394. The van der Waals surface area contributed by atoms with E-state index in [1.165, 1.54) is 0 Å². The van der Waals surface area contributed by atoms with Gasteiger partial charge in [0, 0.05) is 37.9 Å². The summed E-state index contributed by atoms with van der Waals surface area (Å²) in [5, 5.41) is 7.32. The van der Waals surface area contributed by atoms with Gasteiger partial charge in [-0.1, -0.05) is 0 Å². The van der Waals surface area contributed by atoms with Crippen molar-refractivity contribution in [2.24, 2.45) is 11.8 Å². The number of H-pyrrole nitrogens is 1. The predicted octanol–water partition coefficient (Wildman–Crippen LogP) is 0.839. The smallest absolute Gasteiger partial charge is 0.274 e. The van der Waals surface area contributed by atoms with Crippen LogP contribution in [0, 0.1) is 11.8 Å². The molecule has 118 valence electrons. The summed E-state index contributed by atoms with van der Waals surface area (Å²) in [4.78, 5) is 28.7. The fourth-order valence-electron chi connectivity index (χ4n) is 4.17. The number of carbonyl (C=O) groups excluding carboxylic acids is 2. The van der Waals surface area contributed by atoms with Gasteiger partial charge in [-0.3, -0.25) is 14.7 Å². The number of amides is 2. The van der Waals surface area contributed by atoms with Gasteiger partial charge >= 0.3 is 0 Å². The van der Waals surface area contributed by atoms with E-state index in [2.05, 4.69) is 10.2 Å². The summed E-state index contributed by atoms with van der Waals surface area (Å²) in [6.45, 7) is 2.05. The molecule has 2 unspecified atom stereocenters. The summed E-state index contributed by atoms with van der Waals surface area (Å²) in [6, 6.07) is 0. The largest absolute Gasteiger partial charge is 0.345 e. The second-order valence-electron chi connectivity index (χ2n) is 6.86. The first-order valence-electron chi connectivity index (χ1n) is 8.25. The number of hydrogen-bond acceptors (Lipinski definition) is 3. The number of carbonyl (C=O) groups is 2. The molecule has 1 aliphatic carbocycles. The van der Waals surface area contributed by atoms with Gasteiger partial charge in [-0.2, -0.15) is 5.10 Å². The van der Waals surface area contributed by atoms with Crippen LogP contribution in [0.4, 0.5) is 0 Å². The van der Waals surface area contributed by atoms with Crippen molar-refractivity contribution in [2.75, 3.05) is 26.7 Å². The molecule has 22 heavy (non-hydrogen) atoms. The Hall–Kier alpha value is -1.85. The molecule has 6 heteroatoms. The zero-order chi connectivity index (χ0) is 15.3. The van der Waals surface area contributed by atoms with Gasteiger partial charge in [0.15, 0.2) is 5.69 Å². The maximum atomic E-state index is 12.8. The van der Waals surface area contributed by atoms with Crippen LogP contribution in [0.5, 0.6) is 0 Å². The van der Waals surface area contributed by atoms with Gasteiger partial charge in [0.1, 0.15) is 0 Å². The Kier molecular flexibility index (Phi) is 3.20. The molecule has 6 nitrogen and oxygen atoms in total. The van der Waals surface area contributed by atoms with Gasteiger partial charge in [0.2, 0.25) is 5.91 Å². The molecule has 0 bridgehead atoms. The highest BCUT2D eigenvalue weighted by atomic mass is 16.2. The molecule has 3 heterocycles. The van der Waals surface area contributed by atoms with Crippen LogP contribution in [0.3, 0.4) is 0 Å². The Labute approximate surface area is 129 Å². The first-order chi connectivity index (χ1) is 10.6. The molecule has 2 aliphatic heterocycles. The predicted molar refractivity (Wildman–Crippen MR) is 80.4 cm³/mol. The van der Waals surface area contributed by atoms with Crippen LogP contribution in [0.25, 0.3) is 0 Å². The highest BCUT2D eigenvalue weighted by Gasteiger charge is 2.44. The molecule has 1 N–H and O–H groups in total. The number of hydrogen-bond donors (Lipinski definition) is 1. The fraction of sp³-hybridized carbons (Fsp3) is 0.688. The molecular formula is C16H22N4O2. The molecule has 4 rings (SSSR count). The molecule has 0 aromatic carbocycles. The minimum atomic E-state index is -0.0162. The number of piperidine rings is 1. The number of fused-ring (bicyclic) bond motifs is 2. The third-order valence-corrected chi connectivity index (χ3v) is 5.52. The van der Waals surface area contributed by atoms with E-state index in [0.717, 1.165) is 49.9 Å². The standard InChI is InChI=1S/C16H22N4O2/c1-19-7-6-10-8-20(9-12(10)15(19)21)16(22)14-11-4-2-3-5-13(11)17-18-14/h10,12H,2-9H2,1H3,(H,17,18). The monoisotopic (exact) mass is 302 g/mol. The Bertz CT molecular complexity index is 624. The molecule has 3 aliphatic rings. The van der Waals surface area contributed by atoms with E-state index in [0.29, 0.717) is 24.7 Å². The third-order valence-electron chi connectivity index (χ3n) is 5.52. The van der Waals surface area contributed by atoms with Crippen LogP contribution in [0.1, 0.15) is 41.0 Å². The van der Waals surface area contributed by atoms with Crippen molar-refractivity contribution in [3.05, 3.63) is 17.0 Å². The van der Waals surface area contributed by atoms with Crippen molar-refractivity contribution < 1.29 is 9.59 Å². The van der Waals surface area contributed by atoms with Gasteiger partial charge in [-0.15, -0.1) is 0 Å². The topological polar surface area (TPSA) is 69.3 Å². The summed E-state index contributed by atoms with van der Waals surface area (Å²) in [5.41, 5.74) is 2.82. The summed E-state index contributed by atoms with van der Waals surface area (Å²) in [7, 11) is 1.85. The Morgan fingerprint density at radius 2 is 2.09 bits per heavy atom. The lowest BCUT2D eigenvalue weighted by Gasteiger charge is -2.30. The van der Waals surface area contributed by atoms with Crippen LogP contribution in [-0.2, 0) is 17.6 Å². The van der Waals surface area contributed by atoms with Crippen molar-refractivity contribution in [3.63, 3.8) is 0 Å². The number of nitrogens with zero attached hydrogens (tertiary/aromatic N) is 3. The number of likely N-dealkylation sites (tertiary alicyclic amines) is 2. The van der Waals surface area contributed by atoms with E-state index in [-0.39, 0.29) is 17.7 Å². The quantitative estimate of drug-likeness (QED) is 0.836. The minimum Gasteiger partial charge on any atom is -0.345 e. The number of aryl methyl sites for hydroxylation is 1. The lowest BCUT2D eigenvalue weighted by Crippen LogP contribution is -2.42. The summed E-state index contributed by atoms with van der Waals surface area (Å²) in [5.74, 6) is 0.500. The maximum absolute atomic E-state index is 12.8. The molecule has 0 spiro atoms. The molecular weight excluding hydrogens is 280 g/mol. The van der Waals surface area contributed by atoms with Crippen LogP contribution in [0.2, 0.25) is 0 Å². The Morgan fingerprint density at radius 1 is 1.27 bits per heavy atom. The molecule has 2 fully saturated rings. The second-order valence-corrected chi connectivity index (χ2v) is 6.86. The van der Waals surface area contributed by atoms with E-state index in [1.807, 2.05) is 11.9 Å². The fourth-order valence-corrected chi connectivity index (χ4v) is 4.17. The molecule has 0 saturated carbocycles. The Morgan fingerprint density at radius 3 is 2.95 bits per heavy atom. The first kappa shape index (κ1) is 13.8. The van der Waals surface area contributed by atoms with Gasteiger partial charge in [0.25, 0.3) is 5.91 Å². The number of rotatable bonds is 1. The van der Waals surface area contributed by atoms with Crippen molar-refractivity contribution >= 4 is 11.8 Å². The zero-order valence-electron chi connectivity index (χ0n) is 13.0. The van der Waals surface area contributed by atoms with Gasteiger partial charge in [-0.05, 0) is 38.0 Å². The number of nitrogens with one attached hydrogen (secondary N) is 1. The van der Waals surface area contributed by atoms with E-state index < -0.39 is 0 Å². The lowest BCUT2D eigenvalue weighted by atomic mass is 9.88. The summed E-state index contributed by atoms with van der Waals surface area (Å²) < 4.78 is 0. The highest BCUT2D eigenvalue weighted by Crippen LogP contribution is 2.33. The maximum Gasteiger partial charge on any atom is 0.274 e. The Balaban J connectivity index is 1.55. The zero-order valence-corrected chi connectivity index (χ0v) is 13.0. The van der Waals surface area contributed by atoms with Gasteiger partial charge in [0.05, 0.1) is 5.92 Å². The summed E-state index contributed by atoms with van der Waals surface area (Å²) >= 11 is 0. The van der Waals surface area contributed by atoms with Crippen molar-refractivity contribution in [1.29, 1.82) is 0 Å². The van der Waals surface area contributed by atoms with Crippen LogP contribution >= 0.6 is 0 Å². The van der Waals surface area contributed by atoms with E-state index in [1.54, 1.807) is 4.90 Å². The average molecular weight is 302 g/mol. The number of aromatic amines is 1. The molecule has 1 aromatic rings. The van der Waals surface area contributed by atoms with Crippen molar-refractivity contribution in [1.82, 2.24) is 20.0 Å². The number of aromatic nitrogens is 2. The first-order valence-corrected chi connectivity index (χ1v) is 8.25. The van der Waals surface area contributed by atoms with Crippen LogP contribution in [0.15, 0.2) is 0 Å². The third kappa shape index (κ3) is 2.04. The summed E-state index contributed by atoms with van der Waals surface area (Å²) in [6.07, 6.45) is 5.22. The molecule has 2 saturated heterocycles. The van der Waals surface area contributed by atoms with Gasteiger partial charge in [-0.25, -0.2) is 0 Å². The van der Waals surface area contributed by atoms with Crippen LogP contribution in [-0.4, -0.2) is 58.5 Å². The lowest BCUT2D eigenvalue weighted by molar-refractivity contribution is -0.137. The normalized spacial score (nSPS) is 27.8. The highest BCUT2D eigenvalue weighted by molar-refractivity contribution is 5.95. The second kappa shape index (κ2) is 5.11. The van der Waals surface area contributed by atoms with E-state index in [9.17, 15) is 9.59 Å². The molecule has 0 radical (unpaired) electrons. The molecule has 2 atom stereocenters. The van der Waals surface area contributed by atoms with E-state index in [4.69, 9.17) is 0 Å². The van der Waals surface area contributed by atoms with E-state index >= 15 is 0 Å². The van der Waals surface area contributed by atoms with Crippen molar-refractivity contribution in [3.8, 4) is 0 Å². The van der Waals surface area contributed by atoms with Crippen molar-refractivity contribution in [2.45, 2.75) is 32.1 Å². The molecule has 1 aromatic heterocycles. The van der Waals surface area contributed by atoms with Gasteiger partial charge < -0.3 is 9.80 Å². The average Bonchev–Trinajstić information content (AvgIpc) is 3.15.